The quantitative estimate of drug-likeness (QED) is 0.897. The molecule has 0 saturated heterocycles. The predicted octanol–water partition coefficient (Wildman–Crippen LogP) is 0.700. The van der Waals surface area contributed by atoms with Crippen LogP contribution in [-0.4, -0.2) is 48.6 Å². The van der Waals surface area contributed by atoms with Crippen molar-refractivity contribution in [1.82, 2.24) is 29.6 Å². The number of carbonyl (C=O) groups is 1. The number of rotatable bonds is 3. The second-order valence-corrected chi connectivity index (χ2v) is 5.84. The Labute approximate surface area is 135 Å². The lowest BCUT2D eigenvalue weighted by Crippen LogP contribution is -2.48. The lowest BCUT2D eigenvalue weighted by molar-refractivity contribution is -0.122. The highest BCUT2D eigenvalue weighted by atomic mass is 16.2. The summed E-state index contributed by atoms with van der Waals surface area (Å²) in [6.07, 6.45) is 0.804. The number of nitrogens with one attached hydrogen (secondary N) is 1. The molecule has 1 unspecified atom stereocenters. The first-order chi connectivity index (χ1) is 11.0. The summed E-state index contributed by atoms with van der Waals surface area (Å²) in [6.45, 7) is 6.90. The van der Waals surface area contributed by atoms with Gasteiger partial charge in [-0.1, -0.05) is 6.92 Å². The molecule has 2 aromatic rings. The zero-order valence-corrected chi connectivity index (χ0v) is 13.9. The topological polar surface area (TPSA) is 88.8 Å². The molecule has 0 bridgehead atoms. The fourth-order valence-electron chi connectivity index (χ4n) is 2.79. The van der Waals surface area contributed by atoms with Crippen LogP contribution in [0, 0.1) is 13.8 Å². The van der Waals surface area contributed by atoms with E-state index in [0.29, 0.717) is 24.7 Å². The van der Waals surface area contributed by atoms with Crippen molar-refractivity contribution in [3.8, 4) is 0 Å². The van der Waals surface area contributed by atoms with Gasteiger partial charge in [-0.25, -0.2) is 9.97 Å². The first-order valence-corrected chi connectivity index (χ1v) is 7.72. The van der Waals surface area contributed by atoms with Crippen LogP contribution in [0.3, 0.4) is 0 Å². The van der Waals surface area contributed by atoms with Gasteiger partial charge in [0.2, 0.25) is 5.91 Å². The summed E-state index contributed by atoms with van der Waals surface area (Å²) < 4.78 is 1.99. The molecule has 0 aromatic carbocycles. The largest absolute Gasteiger partial charge is 0.312 e. The molecule has 0 radical (unpaired) electrons. The van der Waals surface area contributed by atoms with E-state index in [0.717, 1.165) is 23.8 Å². The molecule has 0 saturated carbocycles. The van der Waals surface area contributed by atoms with E-state index < -0.39 is 0 Å². The number of fused-ring (bicyclic) bond motifs is 1. The molecule has 0 fully saturated rings. The standard InChI is InChI=1S/C15H21N7O/c1-5-11-6-13(17-9(2)16-11)18-15(23)12-7-22-10(3)19-20-14(22)8-21(12)4/h6,12H,5,7-8H2,1-4H3,(H,16,17,18,23). The van der Waals surface area contributed by atoms with Crippen molar-refractivity contribution >= 4 is 11.7 Å². The molecule has 1 amide bonds. The molecule has 122 valence electrons. The van der Waals surface area contributed by atoms with Gasteiger partial charge in [0.25, 0.3) is 0 Å². The van der Waals surface area contributed by atoms with Gasteiger partial charge in [-0.2, -0.15) is 0 Å². The lowest BCUT2D eigenvalue weighted by atomic mass is 10.2. The molecular weight excluding hydrogens is 294 g/mol. The van der Waals surface area contributed by atoms with Crippen LogP contribution in [0.4, 0.5) is 5.82 Å². The van der Waals surface area contributed by atoms with Crippen LogP contribution in [-0.2, 0) is 24.3 Å². The highest BCUT2D eigenvalue weighted by molar-refractivity contribution is 5.94. The number of aromatic nitrogens is 5. The Kier molecular flexibility index (Phi) is 4.08. The molecule has 1 atom stereocenters. The summed E-state index contributed by atoms with van der Waals surface area (Å²) in [6, 6.07) is 1.54. The number of nitrogens with zero attached hydrogens (tertiary/aromatic N) is 6. The van der Waals surface area contributed by atoms with Gasteiger partial charge in [0.05, 0.1) is 13.1 Å². The fourth-order valence-corrected chi connectivity index (χ4v) is 2.79. The van der Waals surface area contributed by atoms with E-state index in [1.54, 1.807) is 0 Å². The minimum atomic E-state index is -0.280. The molecule has 1 N–H and O–H groups in total. The Morgan fingerprint density at radius 1 is 1.35 bits per heavy atom. The van der Waals surface area contributed by atoms with Crippen LogP contribution in [0.15, 0.2) is 6.07 Å². The smallest absolute Gasteiger partial charge is 0.244 e. The third kappa shape index (κ3) is 3.07. The van der Waals surface area contributed by atoms with Crippen LogP contribution in [0.1, 0.15) is 30.1 Å². The Hall–Kier alpha value is -2.35. The molecule has 1 aliphatic heterocycles. The average molecular weight is 315 g/mol. The van der Waals surface area contributed by atoms with E-state index in [4.69, 9.17) is 0 Å². The van der Waals surface area contributed by atoms with Crippen molar-refractivity contribution < 1.29 is 4.79 Å². The molecular formula is C15H21N7O. The monoisotopic (exact) mass is 315 g/mol. The van der Waals surface area contributed by atoms with Gasteiger partial charge in [-0.15, -0.1) is 10.2 Å². The number of hydrogen-bond acceptors (Lipinski definition) is 6. The van der Waals surface area contributed by atoms with Crippen LogP contribution in [0.5, 0.6) is 0 Å². The van der Waals surface area contributed by atoms with Gasteiger partial charge in [0, 0.05) is 11.8 Å². The highest BCUT2D eigenvalue weighted by Gasteiger charge is 2.31. The van der Waals surface area contributed by atoms with Gasteiger partial charge >= 0.3 is 0 Å². The van der Waals surface area contributed by atoms with Gasteiger partial charge in [-0.3, -0.25) is 9.69 Å². The van der Waals surface area contributed by atoms with Crippen molar-refractivity contribution in [2.45, 2.75) is 46.3 Å². The molecule has 3 heterocycles. The molecule has 3 rings (SSSR count). The molecule has 0 spiro atoms. The van der Waals surface area contributed by atoms with E-state index >= 15 is 0 Å². The number of anilines is 1. The summed E-state index contributed by atoms with van der Waals surface area (Å²) in [5.74, 6) is 2.86. The maximum Gasteiger partial charge on any atom is 0.244 e. The summed E-state index contributed by atoms with van der Waals surface area (Å²) in [5, 5.41) is 11.1. The van der Waals surface area contributed by atoms with Gasteiger partial charge < -0.3 is 9.88 Å². The lowest BCUT2D eigenvalue weighted by Gasteiger charge is -2.31. The maximum absolute atomic E-state index is 12.7. The first-order valence-electron chi connectivity index (χ1n) is 7.72. The number of aryl methyl sites for hydroxylation is 3. The van der Waals surface area contributed by atoms with E-state index in [-0.39, 0.29) is 11.9 Å². The summed E-state index contributed by atoms with van der Waals surface area (Å²) in [4.78, 5) is 23.3. The summed E-state index contributed by atoms with van der Waals surface area (Å²) >= 11 is 0. The van der Waals surface area contributed by atoms with Gasteiger partial charge in [0.15, 0.2) is 0 Å². The molecule has 1 aliphatic rings. The minimum Gasteiger partial charge on any atom is -0.312 e. The summed E-state index contributed by atoms with van der Waals surface area (Å²) in [7, 11) is 1.92. The molecule has 23 heavy (non-hydrogen) atoms. The zero-order valence-electron chi connectivity index (χ0n) is 13.9. The molecule has 8 nitrogen and oxygen atoms in total. The average Bonchev–Trinajstić information content (AvgIpc) is 2.86. The van der Waals surface area contributed by atoms with E-state index in [2.05, 4.69) is 25.5 Å². The molecule has 2 aromatic heterocycles. The third-order valence-corrected chi connectivity index (χ3v) is 4.10. The Morgan fingerprint density at radius 3 is 2.87 bits per heavy atom. The second kappa shape index (κ2) is 6.04. The summed E-state index contributed by atoms with van der Waals surface area (Å²) in [5.41, 5.74) is 0.918. The predicted molar refractivity (Wildman–Crippen MR) is 84.8 cm³/mol. The van der Waals surface area contributed by atoms with Gasteiger partial charge in [-0.05, 0) is 27.3 Å². The number of amides is 1. The Morgan fingerprint density at radius 2 is 2.13 bits per heavy atom. The third-order valence-electron chi connectivity index (χ3n) is 4.10. The minimum absolute atomic E-state index is 0.0774. The van der Waals surface area contributed by atoms with Crippen LogP contribution in [0.2, 0.25) is 0 Å². The second-order valence-electron chi connectivity index (χ2n) is 5.84. The van der Waals surface area contributed by atoms with Crippen molar-refractivity contribution in [3.05, 3.63) is 29.2 Å². The normalized spacial score (nSPS) is 17.8. The SMILES string of the molecule is CCc1cc(NC(=O)C2Cn3c(C)nnc3CN2C)nc(C)n1. The fraction of sp³-hybridized carbons (Fsp3) is 0.533. The van der Waals surface area contributed by atoms with E-state index in [1.807, 2.05) is 43.4 Å². The van der Waals surface area contributed by atoms with Crippen molar-refractivity contribution in [1.29, 1.82) is 0 Å². The molecule has 8 heteroatoms. The maximum atomic E-state index is 12.7. The van der Waals surface area contributed by atoms with Gasteiger partial charge in [0.1, 0.15) is 29.3 Å². The Bertz CT molecular complexity index is 739. The van der Waals surface area contributed by atoms with Crippen LogP contribution < -0.4 is 5.32 Å². The zero-order chi connectivity index (χ0) is 16.6. The van der Waals surface area contributed by atoms with Crippen molar-refractivity contribution in [3.63, 3.8) is 0 Å². The first kappa shape index (κ1) is 15.5. The molecule has 0 aliphatic carbocycles. The Balaban J connectivity index is 1.78. The van der Waals surface area contributed by atoms with Crippen LogP contribution in [0.25, 0.3) is 0 Å². The number of carbonyl (C=O) groups excluding carboxylic acids is 1. The van der Waals surface area contributed by atoms with E-state index in [9.17, 15) is 4.79 Å². The van der Waals surface area contributed by atoms with E-state index in [1.165, 1.54) is 0 Å². The van der Waals surface area contributed by atoms with Crippen molar-refractivity contribution in [2.24, 2.45) is 0 Å². The van der Waals surface area contributed by atoms with Crippen molar-refractivity contribution in [2.75, 3.05) is 12.4 Å². The number of hydrogen-bond donors (Lipinski definition) is 1. The van der Waals surface area contributed by atoms with Crippen LogP contribution >= 0.6 is 0 Å². The highest BCUT2D eigenvalue weighted by Crippen LogP contribution is 2.17. The number of likely N-dealkylation sites (N-methyl/N-ethyl adjacent to an activating group) is 1.